The van der Waals surface area contributed by atoms with Gasteiger partial charge in [-0.2, -0.15) is 0 Å². The maximum atomic E-state index is 13.4. The average molecular weight is 380 g/mol. The first kappa shape index (κ1) is 19.3. The summed E-state index contributed by atoms with van der Waals surface area (Å²) in [6.45, 7) is 8.16. The number of nitrogens with zero attached hydrogens (tertiary/aromatic N) is 2. The molecule has 4 rings (SSSR count). The van der Waals surface area contributed by atoms with E-state index >= 15 is 0 Å². The molecule has 0 saturated carbocycles. The second-order valence-electron chi connectivity index (χ2n) is 8.76. The van der Waals surface area contributed by atoms with E-state index in [2.05, 4.69) is 73.1 Å². The minimum Gasteiger partial charge on any atom is -0.361 e. The Hall–Kier alpha value is -2.07. The van der Waals surface area contributed by atoms with Crippen LogP contribution in [0, 0.1) is 5.92 Å². The van der Waals surface area contributed by atoms with Gasteiger partial charge in [0, 0.05) is 42.3 Å². The van der Waals surface area contributed by atoms with E-state index in [0.717, 1.165) is 25.9 Å². The number of carbonyl (C=O) groups is 1. The van der Waals surface area contributed by atoms with Crippen molar-refractivity contribution in [3.8, 4) is 0 Å². The van der Waals surface area contributed by atoms with Crippen LogP contribution in [0.1, 0.15) is 51.2 Å². The minimum atomic E-state index is -0.0592. The summed E-state index contributed by atoms with van der Waals surface area (Å²) in [5.74, 6) is 0.229. The third kappa shape index (κ3) is 3.28. The molecule has 28 heavy (non-hydrogen) atoms. The second-order valence-corrected chi connectivity index (χ2v) is 8.76. The lowest BCUT2D eigenvalue weighted by Gasteiger charge is -2.41. The Kier molecular flexibility index (Phi) is 5.33. The lowest BCUT2D eigenvalue weighted by atomic mass is 9.79. The molecule has 0 fully saturated rings. The van der Waals surface area contributed by atoms with Crippen molar-refractivity contribution in [3.63, 3.8) is 0 Å². The highest BCUT2D eigenvalue weighted by atomic mass is 16.2. The Balaban J connectivity index is 1.67. The van der Waals surface area contributed by atoms with Gasteiger partial charge in [-0.25, -0.2) is 0 Å². The van der Waals surface area contributed by atoms with E-state index in [9.17, 15) is 4.79 Å². The van der Waals surface area contributed by atoms with Crippen molar-refractivity contribution < 1.29 is 4.79 Å². The summed E-state index contributed by atoms with van der Waals surface area (Å²) >= 11 is 0. The number of rotatable bonds is 6. The Bertz CT molecular complexity index is 894. The standard InChI is InChI=1S/C24H33N3O/c1-5-6-7-11-27(16(2)3)24(28)18-12-20-19-9-8-10-21-23(19)17(14-25-21)13-22(20)26(4)15-18/h8-10,12,14,16,18,22,25H,5-7,11,13,15H2,1-4H3/t18-,22-/m1/s1. The van der Waals surface area contributed by atoms with Crippen molar-refractivity contribution in [1.82, 2.24) is 14.8 Å². The molecule has 1 N–H and O–H groups in total. The number of aromatic amines is 1. The van der Waals surface area contributed by atoms with E-state index in [1.54, 1.807) is 0 Å². The number of likely N-dealkylation sites (N-methyl/N-ethyl adjacent to an activating group) is 1. The van der Waals surface area contributed by atoms with Crippen LogP contribution in [0.2, 0.25) is 0 Å². The van der Waals surface area contributed by atoms with Crippen molar-refractivity contribution >= 4 is 22.4 Å². The van der Waals surface area contributed by atoms with Gasteiger partial charge in [0.05, 0.1) is 5.92 Å². The number of unbranched alkanes of at least 4 members (excludes halogenated alkanes) is 2. The highest BCUT2D eigenvalue weighted by Crippen LogP contribution is 2.41. The monoisotopic (exact) mass is 379 g/mol. The van der Waals surface area contributed by atoms with Gasteiger partial charge in [-0.15, -0.1) is 0 Å². The Morgan fingerprint density at radius 3 is 2.89 bits per heavy atom. The summed E-state index contributed by atoms with van der Waals surface area (Å²) < 4.78 is 0. The first-order valence-corrected chi connectivity index (χ1v) is 10.8. The largest absolute Gasteiger partial charge is 0.361 e. The first-order chi connectivity index (χ1) is 13.5. The van der Waals surface area contributed by atoms with E-state index in [0.29, 0.717) is 6.04 Å². The summed E-state index contributed by atoms with van der Waals surface area (Å²) in [6.07, 6.45) is 8.92. The van der Waals surface area contributed by atoms with Crippen LogP contribution in [-0.4, -0.2) is 52.9 Å². The molecular formula is C24H33N3O. The molecule has 1 aromatic carbocycles. The van der Waals surface area contributed by atoms with Crippen molar-refractivity contribution in [2.75, 3.05) is 20.1 Å². The molecule has 150 valence electrons. The number of fused-ring (bicyclic) bond motifs is 2. The van der Waals surface area contributed by atoms with Gasteiger partial charge in [0.2, 0.25) is 5.91 Å². The van der Waals surface area contributed by atoms with Crippen LogP contribution < -0.4 is 0 Å². The molecule has 2 aromatic rings. The maximum Gasteiger partial charge on any atom is 0.231 e. The predicted molar refractivity (Wildman–Crippen MR) is 116 cm³/mol. The number of hydrogen-bond donors (Lipinski definition) is 1. The summed E-state index contributed by atoms with van der Waals surface area (Å²) in [5.41, 5.74) is 5.23. The molecule has 1 amide bonds. The molecule has 2 atom stereocenters. The maximum absolute atomic E-state index is 13.4. The number of carbonyl (C=O) groups excluding carboxylic acids is 1. The molecule has 0 unspecified atom stereocenters. The molecule has 4 nitrogen and oxygen atoms in total. The highest BCUT2D eigenvalue weighted by molar-refractivity contribution is 5.99. The topological polar surface area (TPSA) is 39.3 Å². The molecule has 1 aromatic heterocycles. The Morgan fingerprint density at radius 1 is 1.32 bits per heavy atom. The van der Waals surface area contributed by atoms with Gasteiger partial charge < -0.3 is 9.88 Å². The van der Waals surface area contributed by atoms with Gasteiger partial charge in [0.1, 0.15) is 0 Å². The summed E-state index contributed by atoms with van der Waals surface area (Å²) in [6, 6.07) is 7.10. The molecule has 0 bridgehead atoms. The number of nitrogens with one attached hydrogen (secondary N) is 1. The molecule has 1 aliphatic heterocycles. The third-order valence-corrected chi connectivity index (χ3v) is 6.49. The van der Waals surface area contributed by atoms with Gasteiger partial charge in [0.25, 0.3) is 0 Å². The van der Waals surface area contributed by atoms with Crippen LogP contribution in [0.25, 0.3) is 16.5 Å². The van der Waals surface area contributed by atoms with E-state index in [1.165, 1.54) is 40.4 Å². The number of aromatic nitrogens is 1. The minimum absolute atomic E-state index is 0.0592. The van der Waals surface area contributed by atoms with Crippen molar-refractivity contribution in [2.24, 2.45) is 5.92 Å². The predicted octanol–water partition coefficient (Wildman–Crippen LogP) is 4.46. The lowest BCUT2D eigenvalue weighted by molar-refractivity contribution is -0.136. The van der Waals surface area contributed by atoms with E-state index in [4.69, 9.17) is 0 Å². The molecule has 4 heteroatoms. The number of amides is 1. The van der Waals surface area contributed by atoms with Crippen LogP contribution >= 0.6 is 0 Å². The van der Waals surface area contributed by atoms with Crippen LogP contribution in [0.4, 0.5) is 0 Å². The molecule has 0 spiro atoms. The lowest BCUT2D eigenvalue weighted by Crippen LogP contribution is -2.49. The average Bonchev–Trinajstić information content (AvgIpc) is 3.09. The molecule has 0 radical (unpaired) electrons. The van der Waals surface area contributed by atoms with Crippen LogP contribution in [-0.2, 0) is 11.2 Å². The zero-order valence-electron chi connectivity index (χ0n) is 17.7. The van der Waals surface area contributed by atoms with Crippen molar-refractivity contribution in [1.29, 1.82) is 0 Å². The van der Waals surface area contributed by atoms with Gasteiger partial charge >= 0.3 is 0 Å². The molecule has 0 saturated heterocycles. The summed E-state index contributed by atoms with van der Waals surface area (Å²) in [7, 11) is 2.17. The quantitative estimate of drug-likeness (QED) is 0.753. The van der Waals surface area contributed by atoms with Crippen LogP contribution in [0.3, 0.4) is 0 Å². The van der Waals surface area contributed by atoms with Crippen LogP contribution in [0.15, 0.2) is 30.5 Å². The van der Waals surface area contributed by atoms with Crippen molar-refractivity contribution in [3.05, 3.63) is 41.6 Å². The molecule has 2 aliphatic rings. The fraction of sp³-hybridized carbons (Fsp3) is 0.542. The Morgan fingerprint density at radius 2 is 2.14 bits per heavy atom. The SMILES string of the molecule is CCCCCN(C(=O)[C@@H]1C=C2c3cccc4[nH]cc(c34)C[C@H]2N(C)C1)C(C)C. The van der Waals surface area contributed by atoms with E-state index in [1.807, 2.05) is 0 Å². The van der Waals surface area contributed by atoms with Crippen molar-refractivity contribution in [2.45, 2.75) is 58.5 Å². The van der Waals surface area contributed by atoms with Gasteiger partial charge in [0.15, 0.2) is 0 Å². The van der Waals surface area contributed by atoms with Gasteiger partial charge in [-0.1, -0.05) is 38.0 Å². The fourth-order valence-electron chi connectivity index (χ4n) is 4.97. The third-order valence-electron chi connectivity index (χ3n) is 6.49. The zero-order chi connectivity index (χ0) is 19.8. The molecular weight excluding hydrogens is 346 g/mol. The molecule has 2 heterocycles. The summed E-state index contributed by atoms with van der Waals surface area (Å²) in [5, 5.41) is 1.34. The molecule has 1 aliphatic carbocycles. The normalized spacial score (nSPS) is 21.7. The first-order valence-electron chi connectivity index (χ1n) is 10.8. The van der Waals surface area contributed by atoms with Gasteiger partial charge in [-0.3, -0.25) is 9.69 Å². The smallest absolute Gasteiger partial charge is 0.231 e. The summed E-state index contributed by atoms with van der Waals surface area (Å²) in [4.78, 5) is 21.3. The van der Waals surface area contributed by atoms with Crippen LogP contribution in [0.5, 0.6) is 0 Å². The van der Waals surface area contributed by atoms with E-state index in [-0.39, 0.29) is 17.9 Å². The fourth-order valence-corrected chi connectivity index (χ4v) is 4.97. The van der Waals surface area contributed by atoms with Gasteiger partial charge in [-0.05, 0) is 56.5 Å². The zero-order valence-corrected chi connectivity index (χ0v) is 17.7. The van der Waals surface area contributed by atoms with E-state index < -0.39 is 0 Å². The number of benzene rings is 1. The number of H-pyrrole nitrogens is 1. The second kappa shape index (κ2) is 7.75. The number of hydrogen-bond acceptors (Lipinski definition) is 2. The highest BCUT2D eigenvalue weighted by Gasteiger charge is 2.37. The Labute approximate surface area is 168 Å².